The maximum atomic E-state index is 12.6. The molecule has 0 saturated heterocycles. The number of benzene rings is 3. The number of hydrazone groups is 1. The van der Waals surface area contributed by atoms with Crippen LogP contribution in [0.5, 0.6) is 17.2 Å². The molecule has 13 heteroatoms. The quantitative estimate of drug-likeness (QED) is 0.0864. The molecule has 13 nitrogen and oxygen atoms in total. The summed E-state index contributed by atoms with van der Waals surface area (Å²) in [5.41, 5.74) is 6.00. The fourth-order valence-corrected chi connectivity index (χ4v) is 4.78. The van der Waals surface area contributed by atoms with Crippen molar-refractivity contribution in [3.63, 3.8) is 0 Å². The molecule has 0 aliphatic carbocycles. The van der Waals surface area contributed by atoms with Crippen LogP contribution in [0.15, 0.2) is 94.4 Å². The minimum Gasteiger partial charge on any atom is -0.493 e. The Morgan fingerprint density at radius 1 is 0.979 bits per heavy atom. The van der Waals surface area contributed by atoms with Crippen molar-refractivity contribution in [2.24, 2.45) is 5.10 Å². The van der Waals surface area contributed by atoms with E-state index in [1.807, 2.05) is 38.1 Å². The van der Waals surface area contributed by atoms with E-state index in [0.29, 0.717) is 17.1 Å². The lowest BCUT2D eigenvalue weighted by Crippen LogP contribution is -2.16. The lowest BCUT2D eigenvalue weighted by molar-refractivity contribution is -0.386. The molecule has 0 radical (unpaired) electrons. The summed E-state index contributed by atoms with van der Waals surface area (Å²) in [7, 11) is 1.32. The molecule has 0 saturated carbocycles. The van der Waals surface area contributed by atoms with Crippen molar-refractivity contribution >= 4 is 23.8 Å². The van der Waals surface area contributed by atoms with Gasteiger partial charge in [0.1, 0.15) is 24.7 Å². The number of aryl methyl sites for hydroxylation is 2. The average Bonchev–Trinajstić information content (AvgIpc) is 3.68. The molecular weight excluding hydrogens is 608 g/mol. The summed E-state index contributed by atoms with van der Waals surface area (Å²) in [6.45, 7) is 4.04. The Kier molecular flexibility index (Phi) is 9.65. The van der Waals surface area contributed by atoms with Crippen molar-refractivity contribution in [1.82, 2.24) is 9.99 Å². The highest BCUT2D eigenvalue weighted by Gasteiger charge is 2.22. The number of rotatable bonds is 13. The summed E-state index contributed by atoms with van der Waals surface area (Å²) >= 11 is 0. The Hall–Kier alpha value is -6.37. The van der Waals surface area contributed by atoms with Gasteiger partial charge in [0.15, 0.2) is 11.5 Å². The second kappa shape index (κ2) is 14.2. The molecule has 0 aliphatic rings. The number of carboxylic acids is 1. The smallest absolute Gasteiger partial charge is 0.335 e. The fourth-order valence-electron chi connectivity index (χ4n) is 4.78. The van der Waals surface area contributed by atoms with Gasteiger partial charge in [0.05, 0.1) is 23.8 Å². The van der Waals surface area contributed by atoms with E-state index in [2.05, 4.69) is 27.2 Å². The normalized spacial score (nSPS) is 11.0. The Labute approximate surface area is 268 Å². The number of carboxylic acid groups (broad SMARTS) is 1. The highest BCUT2D eigenvalue weighted by atomic mass is 16.6. The van der Waals surface area contributed by atoms with Crippen LogP contribution in [0.25, 0.3) is 5.69 Å². The average molecular weight is 639 g/mol. The number of carbonyl (C=O) groups excluding carboxylic acids is 1. The Balaban J connectivity index is 1.19. The first-order chi connectivity index (χ1) is 22.6. The fraction of sp³-hybridized carbons (Fsp3) is 0.147. The second-order valence-corrected chi connectivity index (χ2v) is 10.3. The number of nitro benzene ring substituents is 1. The van der Waals surface area contributed by atoms with Crippen LogP contribution in [0.2, 0.25) is 0 Å². The number of hydrogen-bond acceptors (Lipinski definition) is 9. The molecule has 2 aromatic heterocycles. The third kappa shape index (κ3) is 7.65. The standard InChI is InChI=1S/C34H30N4O9/c1-21-7-8-22(2)37(21)26-9-11-27(12-10-26)45-20-28-13-14-30(47-28)33(39)36-35-18-24-16-29(38(42)43)32(31(17-24)44-3)46-19-23-5-4-6-25(15-23)34(40)41/h4-18H,19-20H2,1-3H3,(H,36,39)(H,40,41)/b35-18+. The molecule has 2 heterocycles. The van der Waals surface area contributed by atoms with Crippen molar-refractivity contribution in [1.29, 1.82) is 0 Å². The molecule has 5 aromatic rings. The van der Waals surface area contributed by atoms with E-state index in [1.165, 1.54) is 43.7 Å². The van der Waals surface area contributed by atoms with E-state index in [0.717, 1.165) is 17.1 Å². The number of aromatic carboxylic acids is 1. The Morgan fingerprint density at radius 3 is 2.40 bits per heavy atom. The number of aromatic nitrogens is 1. The van der Waals surface area contributed by atoms with E-state index in [9.17, 15) is 24.8 Å². The van der Waals surface area contributed by atoms with Gasteiger partial charge in [0.2, 0.25) is 5.75 Å². The molecule has 0 aliphatic heterocycles. The molecule has 1 amide bonds. The van der Waals surface area contributed by atoms with E-state index < -0.39 is 22.5 Å². The zero-order valence-electron chi connectivity index (χ0n) is 25.6. The van der Waals surface area contributed by atoms with Crippen molar-refractivity contribution in [3.05, 3.63) is 135 Å². The zero-order chi connectivity index (χ0) is 33.5. The second-order valence-electron chi connectivity index (χ2n) is 10.3. The molecule has 5 rings (SSSR count). The predicted octanol–water partition coefficient (Wildman–Crippen LogP) is 6.22. The first kappa shape index (κ1) is 32.0. The van der Waals surface area contributed by atoms with E-state index >= 15 is 0 Å². The van der Waals surface area contributed by atoms with Crippen LogP contribution in [0.1, 0.15) is 49.2 Å². The minimum atomic E-state index is -1.11. The summed E-state index contributed by atoms with van der Waals surface area (Å²) < 4.78 is 24.5. The van der Waals surface area contributed by atoms with Gasteiger partial charge in [-0.15, -0.1) is 0 Å². The van der Waals surface area contributed by atoms with Crippen molar-refractivity contribution in [2.45, 2.75) is 27.1 Å². The van der Waals surface area contributed by atoms with Gasteiger partial charge < -0.3 is 28.3 Å². The van der Waals surface area contributed by atoms with Gasteiger partial charge in [-0.2, -0.15) is 5.10 Å². The van der Waals surface area contributed by atoms with Gasteiger partial charge in [0, 0.05) is 28.7 Å². The topological polar surface area (TPSA) is 168 Å². The number of nitro groups is 1. The SMILES string of the molecule is COc1cc(/C=N/NC(=O)c2ccc(COc3ccc(-n4c(C)ccc4C)cc3)o2)cc([N+](=O)[O-])c1OCc1cccc(C(=O)O)c1. The van der Waals surface area contributed by atoms with E-state index in [4.69, 9.17) is 18.6 Å². The van der Waals surface area contributed by atoms with Crippen LogP contribution in [0.3, 0.4) is 0 Å². The van der Waals surface area contributed by atoms with Crippen molar-refractivity contribution < 1.29 is 38.2 Å². The minimum absolute atomic E-state index is 0.00562. The molecule has 47 heavy (non-hydrogen) atoms. The summed E-state index contributed by atoms with van der Waals surface area (Å²) in [6, 6.07) is 23.5. The van der Waals surface area contributed by atoms with Gasteiger partial charge in [-0.25, -0.2) is 10.2 Å². The monoisotopic (exact) mass is 638 g/mol. The first-order valence-corrected chi connectivity index (χ1v) is 14.2. The molecule has 3 aromatic carbocycles. The third-order valence-corrected chi connectivity index (χ3v) is 7.04. The predicted molar refractivity (Wildman–Crippen MR) is 171 cm³/mol. The molecule has 0 bridgehead atoms. The number of ether oxygens (including phenoxy) is 3. The summed E-state index contributed by atoms with van der Waals surface area (Å²) in [5, 5.41) is 24.9. The summed E-state index contributed by atoms with van der Waals surface area (Å²) in [6.07, 6.45) is 1.21. The molecule has 0 atom stereocenters. The zero-order valence-corrected chi connectivity index (χ0v) is 25.6. The highest BCUT2D eigenvalue weighted by molar-refractivity contribution is 5.92. The lowest BCUT2D eigenvalue weighted by Gasteiger charge is -2.12. The van der Waals surface area contributed by atoms with Crippen LogP contribution < -0.4 is 19.6 Å². The van der Waals surface area contributed by atoms with Gasteiger partial charge in [0.25, 0.3) is 0 Å². The molecule has 0 spiro atoms. The van der Waals surface area contributed by atoms with Crippen LogP contribution in [-0.2, 0) is 13.2 Å². The number of carbonyl (C=O) groups is 2. The molecule has 240 valence electrons. The van der Waals surface area contributed by atoms with Crippen molar-refractivity contribution in [3.8, 4) is 22.9 Å². The number of nitrogens with one attached hydrogen (secondary N) is 1. The number of amides is 1. The van der Waals surface area contributed by atoms with Gasteiger partial charge in [-0.3, -0.25) is 14.9 Å². The molecule has 2 N–H and O–H groups in total. The Morgan fingerprint density at radius 2 is 1.72 bits per heavy atom. The van der Waals surface area contributed by atoms with Gasteiger partial charge in [-0.05, 0) is 86.1 Å². The van der Waals surface area contributed by atoms with Gasteiger partial charge >= 0.3 is 17.6 Å². The maximum Gasteiger partial charge on any atom is 0.335 e. The molecule has 0 fully saturated rings. The van der Waals surface area contributed by atoms with Crippen LogP contribution >= 0.6 is 0 Å². The third-order valence-electron chi connectivity index (χ3n) is 7.04. The summed E-state index contributed by atoms with van der Waals surface area (Å²) in [5.74, 6) is -0.798. The highest BCUT2D eigenvalue weighted by Crippen LogP contribution is 2.38. The van der Waals surface area contributed by atoms with Crippen LogP contribution in [0.4, 0.5) is 5.69 Å². The van der Waals surface area contributed by atoms with Crippen LogP contribution in [-0.4, -0.2) is 39.8 Å². The number of methoxy groups -OCH3 is 1. The van der Waals surface area contributed by atoms with E-state index in [1.54, 1.807) is 18.2 Å². The number of hydrogen-bond donors (Lipinski definition) is 2. The van der Waals surface area contributed by atoms with E-state index in [-0.39, 0.29) is 41.6 Å². The maximum absolute atomic E-state index is 12.6. The largest absolute Gasteiger partial charge is 0.493 e. The molecule has 0 unspecified atom stereocenters. The summed E-state index contributed by atoms with van der Waals surface area (Å²) in [4.78, 5) is 35.1. The Bertz CT molecular complexity index is 1940. The van der Waals surface area contributed by atoms with Crippen LogP contribution in [0, 0.1) is 24.0 Å². The lowest BCUT2D eigenvalue weighted by atomic mass is 10.1. The van der Waals surface area contributed by atoms with Crippen molar-refractivity contribution in [2.75, 3.05) is 7.11 Å². The number of nitrogens with zero attached hydrogens (tertiary/aromatic N) is 3. The first-order valence-electron chi connectivity index (χ1n) is 14.2. The number of furan rings is 1. The van der Waals surface area contributed by atoms with Gasteiger partial charge in [-0.1, -0.05) is 12.1 Å². The molecular formula is C34H30N4O9.